The minimum Gasteiger partial charge on any atom is -0.366 e. The highest BCUT2D eigenvalue weighted by molar-refractivity contribution is 5.68. The molecule has 2 aromatic rings. The Hall–Kier alpha value is -1.83. The van der Waals surface area contributed by atoms with E-state index in [1.807, 2.05) is 0 Å². The van der Waals surface area contributed by atoms with Crippen molar-refractivity contribution in [1.82, 2.24) is 14.6 Å². The van der Waals surface area contributed by atoms with Gasteiger partial charge in [0.15, 0.2) is 11.5 Å². The number of nitrogens with one attached hydrogen (secondary N) is 1. The van der Waals surface area contributed by atoms with Crippen LogP contribution in [0.2, 0.25) is 0 Å². The van der Waals surface area contributed by atoms with Gasteiger partial charge in [-0.1, -0.05) is 0 Å². The molecular weight excluding hydrogens is 259 g/mol. The van der Waals surface area contributed by atoms with Crippen molar-refractivity contribution in [2.75, 3.05) is 11.9 Å². The van der Waals surface area contributed by atoms with E-state index in [0.717, 1.165) is 10.6 Å². The van der Waals surface area contributed by atoms with Gasteiger partial charge in [-0.05, 0) is 13.8 Å². The number of rotatable bonds is 3. The molecule has 8 heteroatoms. The highest BCUT2D eigenvalue weighted by Gasteiger charge is 2.34. The Balaban J connectivity index is 2.37. The SMILES string of the molecule is CC(C)(N)CNc1nccn2nc(C(F)(F)F)cc12. The lowest BCUT2D eigenvalue weighted by Gasteiger charge is -2.19. The van der Waals surface area contributed by atoms with Gasteiger partial charge in [0.2, 0.25) is 0 Å². The number of alkyl halides is 3. The van der Waals surface area contributed by atoms with Gasteiger partial charge in [0.05, 0.1) is 0 Å². The van der Waals surface area contributed by atoms with Crippen LogP contribution in [0.3, 0.4) is 0 Å². The van der Waals surface area contributed by atoms with E-state index in [9.17, 15) is 13.2 Å². The highest BCUT2D eigenvalue weighted by atomic mass is 19.4. The summed E-state index contributed by atoms with van der Waals surface area (Å²) in [6.45, 7) is 3.99. The fraction of sp³-hybridized carbons (Fsp3) is 0.455. The van der Waals surface area contributed by atoms with E-state index in [0.29, 0.717) is 12.4 Å². The summed E-state index contributed by atoms with van der Waals surface area (Å²) in [5.41, 5.74) is 4.62. The maximum absolute atomic E-state index is 12.6. The van der Waals surface area contributed by atoms with Crippen LogP contribution in [0, 0.1) is 0 Å². The molecule has 0 bridgehead atoms. The van der Waals surface area contributed by atoms with Crippen LogP contribution in [0.4, 0.5) is 19.0 Å². The summed E-state index contributed by atoms with van der Waals surface area (Å²) in [6.07, 6.45) is -1.73. The zero-order valence-electron chi connectivity index (χ0n) is 10.5. The molecule has 0 amide bonds. The van der Waals surface area contributed by atoms with Gasteiger partial charge in [-0.2, -0.15) is 18.3 Å². The van der Waals surface area contributed by atoms with Crippen LogP contribution < -0.4 is 11.1 Å². The molecule has 0 spiro atoms. The average molecular weight is 273 g/mol. The van der Waals surface area contributed by atoms with Crippen molar-refractivity contribution in [2.45, 2.75) is 25.6 Å². The van der Waals surface area contributed by atoms with Crippen molar-refractivity contribution in [3.8, 4) is 0 Å². The molecule has 19 heavy (non-hydrogen) atoms. The number of hydrogen-bond acceptors (Lipinski definition) is 4. The summed E-state index contributed by atoms with van der Waals surface area (Å²) in [5.74, 6) is 0.323. The number of nitrogens with zero attached hydrogens (tertiary/aromatic N) is 3. The average Bonchev–Trinajstić information content (AvgIpc) is 2.68. The third-order valence-electron chi connectivity index (χ3n) is 2.39. The lowest BCUT2D eigenvalue weighted by atomic mass is 10.1. The Kier molecular flexibility index (Phi) is 3.13. The van der Waals surface area contributed by atoms with Crippen molar-refractivity contribution in [3.63, 3.8) is 0 Å². The van der Waals surface area contributed by atoms with E-state index in [1.54, 1.807) is 13.8 Å². The molecule has 0 atom stereocenters. The highest BCUT2D eigenvalue weighted by Crippen LogP contribution is 2.30. The molecule has 2 aromatic heterocycles. The van der Waals surface area contributed by atoms with E-state index < -0.39 is 17.4 Å². The first kappa shape index (κ1) is 13.6. The third kappa shape index (κ3) is 3.14. The van der Waals surface area contributed by atoms with Crippen LogP contribution >= 0.6 is 0 Å². The van der Waals surface area contributed by atoms with Crippen molar-refractivity contribution < 1.29 is 13.2 Å². The molecule has 5 nitrogen and oxygen atoms in total. The summed E-state index contributed by atoms with van der Waals surface area (Å²) < 4.78 is 38.9. The molecule has 104 valence electrons. The molecule has 0 unspecified atom stereocenters. The van der Waals surface area contributed by atoms with Gasteiger partial charge in [-0.15, -0.1) is 0 Å². The number of fused-ring (bicyclic) bond motifs is 1. The number of halogens is 3. The maximum Gasteiger partial charge on any atom is 0.435 e. The summed E-state index contributed by atoms with van der Waals surface area (Å²) in [4.78, 5) is 4.01. The second-order valence-electron chi connectivity index (χ2n) is 4.98. The summed E-state index contributed by atoms with van der Waals surface area (Å²) in [5, 5.41) is 6.40. The molecule has 0 aliphatic carbocycles. The first-order valence-corrected chi connectivity index (χ1v) is 5.61. The van der Waals surface area contributed by atoms with Crippen molar-refractivity contribution in [1.29, 1.82) is 0 Å². The normalized spacial score (nSPS) is 12.9. The minimum absolute atomic E-state index is 0.263. The van der Waals surface area contributed by atoms with Crippen LogP contribution in [-0.4, -0.2) is 26.7 Å². The van der Waals surface area contributed by atoms with Crippen LogP contribution in [0.5, 0.6) is 0 Å². The molecule has 0 saturated heterocycles. The standard InChI is InChI=1S/C11H14F3N5/c1-10(2,15)6-17-9-7-5-8(11(12,13)14)18-19(7)4-3-16-9/h3-5H,6,15H2,1-2H3,(H,16,17). The van der Waals surface area contributed by atoms with Gasteiger partial charge in [0, 0.05) is 30.5 Å². The lowest BCUT2D eigenvalue weighted by Crippen LogP contribution is -2.39. The topological polar surface area (TPSA) is 68.2 Å². The fourth-order valence-corrected chi connectivity index (χ4v) is 1.51. The van der Waals surface area contributed by atoms with Gasteiger partial charge in [0.1, 0.15) is 5.52 Å². The van der Waals surface area contributed by atoms with E-state index in [4.69, 9.17) is 5.73 Å². The van der Waals surface area contributed by atoms with E-state index in [2.05, 4.69) is 15.4 Å². The quantitative estimate of drug-likeness (QED) is 0.896. The monoisotopic (exact) mass is 273 g/mol. The predicted molar refractivity (Wildman–Crippen MR) is 64.7 cm³/mol. The van der Waals surface area contributed by atoms with Crippen LogP contribution in [0.25, 0.3) is 5.52 Å². The van der Waals surface area contributed by atoms with E-state index in [-0.39, 0.29) is 5.52 Å². The molecular formula is C11H14F3N5. The molecule has 0 fully saturated rings. The fourth-order valence-electron chi connectivity index (χ4n) is 1.51. The smallest absolute Gasteiger partial charge is 0.366 e. The first-order valence-electron chi connectivity index (χ1n) is 5.61. The summed E-state index contributed by atoms with van der Waals surface area (Å²) >= 11 is 0. The molecule has 3 N–H and O–H groups in total. The number of aromatic nitrogens is 3. The van der Waals surface area contributed by atoms with Crippen molar-refractivity contribution in [2.24, 2.45) is 5.73 Å². The number of anilines is 1. The number of hydrogen-bond donors (Lipinski definition) is 2. The van der Waals surface area contributed by atoms with Gasteiger partial charge in [-0.3, -0.25) is 0 Å². The maximum atomic E-state index is 12.6. The molecule has 2 rings (SSSR count). The van der Waals surface area contributed by atoms with Gasteiger partial charge < -0.3 is 11.1 Å². The first-order chi connectivity index (χ1) is 8.67. The largest absolute Gasteiger partial charge is 0.435 e. The second-order valence-corrected chi connectivity index (χ2v) is 4.98. The van der Waals surface area contributed by atoms with E-state index in [1.165, 1.54) is 12.4 Å². The summed E-state index contributed by atoms with van der Waals surface area (Å²) in [6, 6.07) is 0.957. The Morgan fingerprint density at radius 1 is 1.37 bits per heavy atom. The third-order valence-corrected chi connectivity index (χ3v) is 2.39. The Bertz CT molecular complexity index is 582. The minimum atomic E-state index is -4.48. The molecule has 0 radical (unpaired) electrons. The van der Waals surface area contributed by atoms with Gasteiger partial charge in [-0.25, -0.2) is 9.50 Å². The molecule has 2 heterocycles. The Morgan fingerprint density at radius 3 is 2.63 bits per heavy atom. The zero-order valence-corrected chi connectivity index (χ0v) is 10.5. The van der Waals surface area contributed by atoms with Crippen molar-refractivity contribution >= 4 is 11.3 Å². The second kappa shape index (κ2) is 4.37. The van der Waals surface area contributed by atoms with Crippen LogP contribution in [0.1, 0.15) is 19.5 Å². The van der Waals surface area contributed by atoms with Gasteiger partial charge in [0.25, 0.3) is 0 Å². The number of nitrogens with two attached hydrogens (primary N) is 1. The van der Waals surface area contributed by atoms with E-state index >= 15 is 0 Å². The predicted octanol–water partition coefficient (Wildman–Crippen LogP) is 1.90. The van der Waals surface area contributed by atoms with Crippen molar-refractivity contribution in [3.05, 3.63) is 24.2 Å². The molecule has 0 aromatic carbocycles. The van der Waals surface area contributed by atoms with Crippen LogP contribution in [-0.2, 0) is 6.18 Å². The molecule has 0 aliphatic heterocycles. The van der Waals surface area contributed by atoms with Gasteiger partial charge >= 0.3 is 6.18 Å². The lowest BCUT2D eigenvalue weighted by molar-refractivity contribution is -0.141. The molecule has 0 saturated carbocycles. The zero-order chi connectivity index (χ0) is 14.3. The van der Waals surface area contributed by atoms with Crippen LogP contribution in [0.15, 0.2) is 18.5 Å². The summed E-state index contributed by atoms with van der Waals surface area (Å²) in [7, 11) is 0. The Labute approximate surface area is 107 Å². The Morgan fingerprint density at radius 2 is 2.05 bits per heavy atom. The molecule has 0 aliphatic rings.